The summed E-state index contributed by atoms with van der Waals surface area (Å²) in [5.74, 6) is -0.387. The van der Waals surface area contributed by atoms with Crippen LogP contribution in [0.2, 0.25) is 0 Å². The van der Waals surface area contributed by atoms with Crippen LogP contribution in [0.5, 0.6) is 5.75 Å². The van der Waals surface area contributed by atoms with Gasteiger partial charge in [0.05, 0.1) is 19.9 Å². The molecule has 0 aliphatic heterocycles. The Morgan fingerprint density at radius 2 is 1.92 bits per heavy atom. The van der Waals surface area contributed by atoms with E-state index >= 15 is 0 Å². The Kier molecular flexibility index (Phi) is 5.78. The predicted octanol–water partition coefficient (Wildman–Crippen LogP) is 1.72. The van der Waals surface area contributed by atoms with Crippen LogP contribution in [0.4, 0.5) is 11.4 Å². The van der Waals surface area contributed by atoms with Crippen molar-refractivity contribution in [2.45, 2.75) is 4.90 Å². The van der Waals surface area contributed by atoms with E-state index in [1.807, 2.05) is 0 Å². The third kappa shape index (κ3) is 3.75. The van der Waals surface area contributed by atoms with Gasteiger partial charge in [-0.15, -0.1) is 0 Å². The summed E-state index contributed by atoms with van der Waals surface area (Å²) in [6, 6.07) is 5.68. The lowest BCUT2D eigenvalue weighted by atomic mass is 10.1. The first-order valence-corrected chi connectivity index (χ1v) is 8.82. The lowest BCUT2D eigenvalue weighted by Gasteiger charge is -2.17. The molecule has 0 radical (unpaired) electrons. The van der Waals surface area contributed by atoms with Gasteiger partial charge >= 0.3 is 5.97 Å². The van der Waals surface area contributed by atoms with Gasteiger partial charge in [0.1, 0.15) is 22.0 Å². The van der Waals surface area contributed by atoms with Crippen molar-refractivity contribution < 1.29 is 22.7 Å². The van der Waals surface area contributed by atoms with Crippen LogP contribution in [0.25, 0.3) is 0 Å². The Morgan fingerprint density at radius 3 is 2.42 bits per heavy atom. The van der Waals surface area contributed by atoms with Crippen LogP contribution in [0.15, 0.2) is 35.4 Å². The number of nitrogens with zero attached hydrogens (tertiary/aromatic N) is 1. The van der Waals surface area contributed by atoms with Crippen LogP contribution in [0.3, 0.4) is 0 Å². The highest BCUT2D eigenvalue weighted by Crippen LogP contribution is 2.36. The number of pyridine rings is 1. The number of aromatic nitrogens is 1. The Labute approximate surface area is 150 Å². The Bertz CT molecular complexity index is 926. The highest BCUT2D eigenvalue weighted by atomic mass is 32.2. The Balaban J connectivity index is 2.46. The SMILES string of the molecule is CNc1c(C=N)ccc(OC)c1NS(=O)(=O)c1ccc(C(=O)OC)nc1. The number of anilines is 2. The van der Waals surface area contributed by atoms with Gasteiger partial charge < -0.3 is 20.2 Å². The number of nitrogens with one attached hydrogen (secondary N) is 3. The fourth-order valence-corrected chi connectivity index (χ4v) is 3.25. The molecule has 1 aromatic carbocycles. The van der Waals surface area contributed by atoms with Gasteiger partial charge in [-0.1, -0.05) is 0 Å². The maximum Gasteiger partial charge on any atom is 0.356 e. The number of methoxy groups -OCH3 is 2. The van der Waals surface area contributed by atoms with Crippen LogP contribution in [-0.2, 0) is 14.8 Å². The van der Waals surface area contributed by atoms with Crippen LogP contribution in [0.1, 0.15) is 16.1 Å². The number of hydrogen-bond acceptors (Lipinski definition) is 8. The van der Waals surface area contributed by atoms with E-state index in [0.29, 0.717) is 11.3 Å². The molecule has 1 aromatic heterocycles. The molecule has 9 nitrogen and oxygen atoms in total. The summed E-state index contributed by atoms with van der Waals surface area (Å²) in [5.41, 5.74) is 1.02. The van der Waals surface area contributed by atoms with Crippen molar-refractivity contribution >= 4 is 33.6 Å². The van der Waals surface area contributed by atoms with E-state index in [4.69, 9.17) is 10.1 Å². The lowest BCUT2D eigenvalue weighted by Crippen LogP contribution is -2.16. The molecule has 10 heteroatoms. The molecule has 0 saturated carbocycles. The topological polar surface area (TPSA) is 130 Å². The maximum atomic E-state index is 12.7. The number of carbonyl (C=O) groups excluding carboxylic acids is 1. The zero-order valence-corrected chi connectivity index (χ0v) is 15.2. The van der Waals surface area contributed by atoms with Crippen LogP contribution >= 0.6 is 0 Å². The molecule has 0 atom stereocenters. The van der Waals surface area contributed by atoms with Crippen LogP contribution in [0, 0.1) is 5.41 Å². The molecular formula is C16H18N4O5S. The van der Waals surface area contributed by atoms with E-state index in [9.17, 15) is 13.2 Å². The zero-order chi connectivity index (χ0) is 19.3. The smallest absolute Gasteiger partial charge is 0.356 e. The van der Waals surface area contributed by atoms with Crippen LogP contribution < -0.4 is 14.8 Å². The molecule has 0 amide bonds. The zero-order valence-electron chi connectivity index (χ0n) is 14.4. The Morgan fingerprint density at radius 1 is 1.19 bits per heavy atom. The first-order valence-electron chi connectivity index (χ1n) is 7.34. The summed E-state index contributed by atoms with van der Waals surface area (Å²) >= 11 is 0. The predicted molar refractivity (Wildman–Crippen MR) is 96.8 cm³/mol. The molecule has 0 unspecified atom stereocenters. The molecule has 0 saturated heterocycles. The van der Waals surface area contributed by atoms with Crippen LogP contribution in [-0.4, -0.2) is 46.9 Å². The molecule has 2 aromatic rings. The third-order valence-electron chi connectivity index (χ3n) is 3.50. The summed E-state index contributed by atoms with van der Waals surface area (Å²) in [6.45, 7) is 0. The molecule has 0 spiro atoms. The quantitative estimate of drug-likeness (QED) is 0.494. The minimum absolute atomic E-state index is 0.00857. The normalized spacial score (nSPS) is 10.7. The fourth-order valence-electron chi connectivity index (χ4n) is 2.22. The van der Waals surface area contributed by atoms with E-state index in [1.54, 1.807) is 19.2 Å². The summed E-state index contributed by atoms with van der Waals surface area (Å²) in [5, 5.41) is 10.3. The van der Waals surface area contributed by atoms with E-state index < -0.39 is 16.0 Å². The number of benzene rings is 1. The van der Waals surface area contributed by atoms with Gasteiger partial charge in [0.15, 0.2) is 0 Å². The molecule has 0 bridgehead atoms. The van der Waals surface area contributed by atoms with Gasteiger partial charge in [-0.3, -0.25) is 4.72 Å². The third-order valence-corrected chi connectivity index (χ3v) is 4.84. The fraction of sp³-hybridized carbons (Fsp3) is 0.188. The second-order valence-electron chi connectivity index (χ2n) is 4.98. The van der Waals surface area contributed by atoms with E-state index in [1.165, 1.54) is 26.4 Å². The van der Waals surface area contributed by atoms with Crippen molar-refractivity contribution in [1.29, 1.82) is 5.41 Å². The molecular weight excluding hydrogens is 360 g/mol. The standard InChI is InChI=1S/C16H18N4O5S/c1-18-14-10(8-17)4-7-13(24-2)15(14)20-26(22,23)11-5-6-12(19-9-11)16(21)25-3/h4-9,17-18,20H,1-3H3. The second kappa shape index (κ2) is 7.83. The molecule has 138 valence electrons. The van der Waals surface area contributed by atoms with Gasteiger partial charge in [0, 0.05) is 25.0 Å². The van der Waals surface area contributed by atoms with E-state index in [-0.39, 0.29) is 22.0 Å². The number of carbonyl (C=O) groups is 1. The van der Waals surface area contributed by atoms with Crippen molar-refractivity contribution in [2.24, 2.45) is 0 Å². The number of ether oxygens (including phenoxy) is 2. The van der Waals surface area contributed by atoms with Gasteiger partial charge in [-0.2, -0.15) is 0 Å². The summed E-state index contributed by atoms with van der Waals surface area (Å²) < 4.78 is 37.5. The first kappa shape index (κ1) is 19.2. The van der Waals surface area contributed by atoms with Gasteiger partial charge in [0.2, 0.25) is 0 Å². The first-order chi connectivity index (χ1) is 12.4. The summed E-state index contributed by atoms with van der Waals surface area (Å²) in [4.78, 5) is 15.1. The molecule has 1 heterocycles. The molecule has 26 heavy (non-hydrogen) atoms. The summed E-state index contributed by atoms with van der Waals surface area (Å²) in [7, 11) is 0.204. The highest BCUT2D eigenvalue weighted by Gasteiger charge is 2.21. The monoisotopic (exact) mass is 378 g/mol. The van der Waals surface area contributed by atoms with Crippen molar-refractivity contribution in [3.05, 3.63) is 41.7 Å². The number of hydrogen-bond donors (Lipinski definition) is 3. The molecule has 2 rings (SSSR count). The van der Waals surface area contributed by atoms with E-state index in [2.05, 4.69) is 19.8 Å². The average Bonchev–Trinajstić information content (AvgIpc) is 2.66. The van der Waals surface area contributed by atoms with Gasteiger partial charge in [-0.05, 0) is 24.3 Å². The van der Waals surface area contributed by atoms with Crippen molar-refractivity contribution in [3.63, 3.8) is 0 Å². The average molecular weight is 378 g/mol. The molecule has 0 aliphatic carbocycles. The number of sulfonamides is 1. The molecule has 0 fully saturated rings. The summed E-state index contributed by atoms with van der Waals surface area (Å²) in [6.07, 6.45) is 2.15. The highest BCUT2D eigenvalue weighted by molar-refractivity contribution is 7.92. The van der Waals surface area contributed by atoms with Gasteiger partial charge in [0.25, 0.3) is 10.0 Å². The van der Waals surface area contributed by atoms with E-state index in [0.717, 1.165) is 12.4 Å². The van der Waals surface area contributed by atoms with Crippen molar-refractivity contribution in [3.8, 4) is 5.75 Å². The Hall–Kier alpha value is -3.14. The largest absolute Gasteiger partial charge is 0.494 e. The minimum Gasteiger partial charge on any atom is -0.494 e. The molecule has 0 aliphatic rings. The lowest BCUT2D eigenvalue weighted by molar-refractivity contribution is 0.0594. The minimum atomic E-state index is -4.01. The molecule has 3 N–H and O–H groups in total. The number of rotatable bonds is 7. The van der Waals surface area contributed by atoms with Crippen molar-refractivity contribution in [2.75, 3.05) is 31.3 Å². The maximum absolute atomic E-state index is 12.7. The second-order valence-corrected chi connectivity index (χ2v) is 6.66. The number of esters is 1. The van der Waals surface area contributed by atoms with Gasteiger partial charge in [-0.25, -0.2) is 18.2 Å². The van der Waals surface area contributed by atoms with Crippen molar-refractivity contribution in [1.82, 2.24) is 4.98 Å².